The predicted molar refractivity (Wildman–Crippen MR) is 99.9 cm³/mol. The fourth-order valence-electron chi connectivity index (χ4n) is 2.69. The van der Waals surface area contributed by atoms with Gasteiger partial charge in [-0.25, -0.2) is 4.68 Å². The number of nitrogens with one attached hydrogen (secondary N) is 1. The van der Waals surface area contributed by atoms with E-state index in [4.69, 9.17) is 9.47 Å². The van der Waals surface area contributed by atoms with Crippen molar-refractivity contribution in [2.75, 3.05) is 14.2 Å². The molecule has 8 heteroatoms. The summed E-state index contributed by atoms with van der Waals surface area (Å²) in [5.74, 6) is 0.995. The quantitative estimate of drug-likeness (QED) is 0.711. The monoisotopic (exact) mass is 368 g/mol. The van der Waals surface area contributed by atoms with Crippen LogP contribution in [0.25, 0.3) is 10.9 Å². The van der Waals surface area contributed by atoms with Gasteiger partial charge in [0.15, 0.2) is 0 Å². The first-order valence-electron chi connectivity index (χ1n) is 8.36. The minimum absolute atomic E-state index is 0.214. The number of ether oxygens (including phenoxy) is 2. The van der Waals surface area contributed by atoms with Crippen LogP contribution in [0.15, 0.2) is 47.3 Å². The Balaban J connectivity index is 1.73. The number of carbonyl (C=O) groups is 1. The average molecular weight is 368 g/mol. The molecule has 0 aliphatic heterocycles. The van der Waals surface area contributed by atoms with Crippen LogP contribution in [0.4, 0.5) is 0 Å². The number of fused-ring (bicyclic) bond motifs is 1. The SMILES string of the molecule is COc1ccc(C(C)NC(=O)Cn2nnc3cc(OC)ccc3c2=O)cc1. The van der Waals surface area contributed by atoms with E-state index in [2.05, 4.69) is 15.6 Å². The molecule has 27 heavy (non-hydrogen) atoms. The molecule has 8 nitrogen and oxygen atoms in total. The molecular formula is C19H20N4O4. The van der Waals surface area contributed by atoms with Crippen LogP contribution in [-0.4, -0.2) is 35.1 Å². The number of nitrogens with zero attached hydrogens (tertiary/aromatic N) is 3. The van der Waals surface area contributed by atoms with Crippen molar-refractivity contribution in [3.05, 3.63) is 58.4 Å². The lowest BCUT2D eigenvalue weighted by Gasteiger charge is -2.15. The highest BCUT2D eigenvalue weighted by Gasteiger charge is 2.13. The van der Waals surface area contributed by atoms with Crippen molar-refractivity contribution in [1.82, 2.24) is 20.3 Å². The number of carbonyl (C=O) groups excluding carboxylic acids is 1. The molecule has 0 fully saturated rings. The number of methoxy groups -OCH3 is 2. The van der Waals surface area contributed by atoms with Crippen molar-refractivity contribution in [2.45, 2.75) is 19.5 Å². The molecule has 0 bridgehead atoms. The average Bonchev–Trinajstić information content (AvgIpc) is 2.69. The second kappa shape index (κ2) is 7.86. The van der Waals surface area contributed by atoms with Gasteiger partial charge in [0, 0.05) is 6.07 Å². The Bertz CT molecular complexity index is 1010. The second-order valence-electron chi connectivity index (χ2n) is 6.00. The topological polar surface area (TPSA) is 95.3 Å². The molecule has 1 atom stereocenters. The van der Waals surface area contributed by atoms with E-state index in [1.807, 2.05) is 31.2 Å². The summed E-state index contributed by atoms with van der Waals surface area (Å²) in [7, 11) is 3.13. The highest BCUT2D eigenvalue weighted by molar-refractivity contribution is 5.79. The summed E-state index contributed by atoms with van der Waals surface area (Å²) in [4.78, 5) is 24.8. The van der Waals surface area contributed by atoms with Crippen LogP contribution in [0, 0.1) is 0 Å². The molecule has 3 aromatic rings. The Labute approximate surface area is 155 Å². The third-order valence-corrected chi connectivity index (χ3v) is 4.22. The maximum atomic E-state index is 12.5. The van der Waals surface area contributed by atoms with Gasteiger partial charge in [0.2, 0.25) is 5.91 Å². The lowest BCUT2D eigenvalue weighted by atomic mass is 10.1. The van der Waals surface area contributed by atoms with Gasteiger partial charge in [0.05, 0.1) is 25.6 Å². The lowest BCUT2D eigenvalue weighted by Crippen LogP contribution is -2.35. The summed E-state index contributed by atoms with van der Waals surface area (Å²) >= 11 is 0. The van der Waals surface area contributed by atoms with Crippen LogP contribution in [0.5, 0.6) is 11.5 Å². The molecule has 1 amide bonds. The molecule has 0 radical (unpaired) electrons. The minimum atomic E-state index is -0.380. The summed E-state index contributed by atoms with van der Waals surface area (Å²) in [6.45, 7) is 1.65. The lowest BCUT2D eigenvalue weighted by molar-refractivity contribution is -0.122. The second-order valence-corrected chi connectivity index (χ2v) is 6.00. The van der Waals surface area contributed by atoms with Gasteiger partial charge < -0.3 is 14.8 Å². The zero-order chi connectivity index (χ0) is 19.4. The fraction of sp³-hybridized carbons (Fsp3) is 0.263. The van der Waals surface area contributed by atoms with Crippen molar-refractivity contribution in [2.24, 2.45) is 0 Å². The summed E-state index contributed by atoms with van der Waals surface area (Å²) in [5.41, 5.74) is 0.964. The van der Waals surface area contributed by atoms with Gasteiger partial charge >= 0.3 is 0 Å². The van der Waals surface area contributed by atoms with Crippen LogP contribution in [0.3, 0.4) is 0 Å². The number of rotatable bonds is 6. The zero-order valence-electron chi connectivity index (χ0n) is 15.3. The van der Waals surface area contributed by atoms with Crippen molar-refractivity contribution >= 4 is 16.8 Å². The Kier molecular flexibility index (Phi) is 5.35. The number of amides is 1. The van der Waals surface area contributed by atoms with Crippen LogP contribution in [0.2, 0.25) is 0 Å². The van der Waals surface area contributed by atoms with Gasteiger partial charge in [-0.3, -0.25) is 9.59 Å². The van der Waals surface area contributed by atoms with E-state index in [9.17, 15) is 9.59 Å². The number of benzene rings is 2. The highest BCUT2D eigenvalue weighted by atomic mass is 16.5. The van der Waals surface area contributed by atoms with Crippen LogP contribution < -0.4 is 20.3 Å². The summed E-state index contributed by atoms with van der Waals surface area (Å²) in [5, 5.41) is 11.1. The van der Waals surface area contributed by atoms with Gasteiger partial charge in [0.1, 0.15) is 23.6 Å². The van der Waals surface area contributed by atoms with Gasteiger partial charge in [-0.1, -0.05) is 17.3 Å². The van der Waals surface area contributed by atoms with Crippen molar-refractivity contribution < 1.29 is 14.3 Å². The largest absolute Gasteiger partial charge is 0.497 e. The molecular weight excluding hydrogens is 348 g/mol. The molecule has 0 saturated carbocycles. The molecule has 3 rings (SSSR count). The molecule has 1 heterocycles. The number of aromatic nitrogens is 3. The predicted octanol–water partition coefficient (Wildman–Crippen LogP) is 1.69. The Hall–Kier alpha value is -3.42. The van der Waals surface area contributed by atoms with E-state index in [0.29, 0.717) is 16.7 Å². The van der Waals surface area contributed by atoms with Crippen molar-refractivity contribution in [3.63, 3.8) is 0 Å². The first-order valence-corrected chi connectivity index (χ1v) is 8.36. The Morgan fingerprint density at radius 1 is 1.11 bits per heavy atom. The van der Waals surface area contributed by atoms with Gasteiger partial charge in [-0.05, 0) is 36.8 Å². The first kappa shape index (κ1) is 18.4. The normalized spacial score (nSPS) is 11.8. The Morgan fingerprint density at radius 2 is 1.78 bits per heavy atom. The molecule has 0 aliphatic rings. The maximum absolute atomic E-state index is 12.5. The van der Waals surface area contributed by atoms with E-state index < -0.39 is 0 Å². The van der Waals surface area contributed by atoms with Gasteiger partial charge in [0.25, 0.3) is 5.56 Å². The molecule has 1 N–H and O–H groups in total. The smallest absolute Gasteiger partial charge is 0.278 e. The van der Waals surface area contributed by atoms with Gasteiger partial charge in [-0.15, -0.1) is 5.10 Å². The van der Waals surface area contributed by atoms with E-state index in [0.717, 1.165) is 16.0 Å². The minimum Gasteiger partial charge on any atom is -0.497 e. The standard InChI is InChI=1S/C19H20N4O4/c1-12(13-4-6-14(26-2)7-5-13)20-18(24)11-23-19(25)16-9-8-15(27-3)10-17(16)21-22-23/h4-10,12H,11H2,1-3H3,(H,20,24). The van der Waals surface area contributed by atoms with Crippen LogP contribution in [-0.2, 0) is 11.3 Å². The van der Waals surface area contributed by atoms with E-state index >= 15 is 0 Å². The van der Waals surface area contributed by atoms with Crippen LogP contribution in [0.1, 0.15) is 18.5 Å². The first-order chi connectivity index (χ1) is 13.0. The third kappa shape index (κ3) is 4.05. The van der Waals surface area contributed by atoms with E-state index in [1.165, 1.54) is 7.11 Å². The van der Waals surface area contributed by atoms with Crippen molar-refractivity contribution in [1.29, 1.82) is 0 Å². The van der Waals surface area contributed by atoms with E-state index in [-0.39, 0.29) is 24.1 Å². The Morgan fingerprint density at radius 3 is 2.44 bits per heavy atom. The van der Waals surface area contributed by atoms with Crippen LogP contribution >= 0.6 is 0 Å². The third-order valence-electron chi connectivity index (χ3n) is 4.22. The van der Waals surface area contributed by atoms with Crippen molar-refractivity contribution in [3.8, 4) is 11.5 Å². The molecule has 140 valence electrons. The fourth-order valence-corrected chi connectivity index (χ4v) is 2.69. The molecule has 0 saturated heterocycles. The molecule has 0 spiro atoms. The summed E-state index contributed by atoms with van der Waals surface area (Å²) < 4.78 is 11.3. The number of hydrogen-bond donors (Lipinski definition) is 1. The summed E-state index contributed by atoms with van der Waals surface area (Å²) in [6.07, 6.45) is 0. The van der Waals surface area contributed by atoms with E-state index in [1.54, 1.807) is 25.3 Å². The molecule has 1 aromatic heterocycles. The molecule has 0 aliphatic carbocycles. The summed E-state index contributed by atoms with van der Waals surface area (Å²) in [6, 6.07) is 12.1. The maximum Gasteiger partial charge on any atom is 0.278 e. The molecule has 2 aromatic carbocycles. The highest BCUT2D eigenvalue weighted by Crippen LogP contribution is 2.17. The van der Waals surface area contributed by atoms with Gasteiger partial charge in [-0.2, -0.15) is 0 Å². The zero-order valence-corrected chi connectivity index (χ0v) is 15.3. The molecule has 1 unspecified atom stereocenters. The number of hydrogen-bond acceptors (Lipinski definition) is 6.